The molecule has 3 heterocycles. The van der Waals surface area contributed by atoms with Gasteiger partial charge < -0.3 is 9.72 Å². The average molecular weight is 368 g/mol. The highest BCUT2D eigenvalue weighted by atomic mass is 35.5. The molecule has 0 amide bonds. The number of rotatable bonds is 2. The van der Waals surface area contributed by atoms with Crippen LogP contribution in [0.3, 0.4) is 0 Å². The number of benzene rings is 1. The van der Waals surface area contributed by atoms with Crippen LogP contribution in [0.2, 0.25) is 5.02 Å². The van der Waals surface area contributed by atoms with Crippen molar-refractivity contribution >= 4 is 28.6 Å². The second kappa shape index (κ2) is 6.46. The Hall–Kier alpha value is -1.86. The average Bonchev–Trinajstić information content (AvgIpc) is 2.91. The number of aromatic nitrogens is 2. The number of cyclic esters (lactones) is 1. The topological polar surface area (TPSA) is 67.3 Å². The molecule has 8 heteroatoms. The summed E-state index contributed by atoms with van der Waals surface area (Å²) in [6.07, 6.45) is 2.82. The lowest BCUT2D eigenvalue weighted by molar-refractivity contribution is -0.150. The molecule has 0 bridgehead atoms. The first-order chi connectivity index (χ1) is 12.0. The summed E-state index contributed by atoms with van der Waals surface area (Å²) in [6, 6.07) is 3.04. The molecule has 1 N–H and O–H groups in total. The largest absolute Gasteiger partial charge is 0.466 e. The van der Waals surface area contributed by atoms with Gasteiger partial charge in [-0.1, -0.05) is 11.6 Å². The molecule has 1 aromatic carbocycles. The molecule has 25 heavy (non-hydrogen) atoms. The number of hydrogen-bond donors (Lipinski definition) is 1. The van der Waals surface area contributed by atoms with Crippen LogP contribution >= 0.6 is 11.6 Å². The summed E-state index contributed by atoms with van der Waals surface area (Å²) >= 11 is 5.96. The van der Waals surface area contributed by atoms with Gasteiger partial charge >= 0.3 is 11.7 Å². The minimum Gasteiger partial charge on any atom is -0.466 e. The molecule has 2 aromatic rings. The number of ether oxygens (including phenoxy) is 1. The van der Waals surface area contributed by atoms with Gasteiger partial charge in [-0.05, 0) is 31.4 Å². The molecule has 2 fully saturated rings. The molecule has 1 atom stereocenters. The third kappa shape index (κ3) is 3.06. The van der Waals surface area contributed by atoms with Crippen LogP contribution in [0, 0.1) is 5.82 Å². The van der Waals surface area contributed by atoms with Crippen molar-refractivity contribution in [3.8, 4) is 0 Å². The van der Waals surface area contributed by atoms with E-state index in [1.807, 2.05) is 0 Å². The van der Waals surface area contributed by atoms with E-state index in [9.17, 15) is 14.0 Å². The van der Waals surface area contributed by atoms with Gasteiger partial charge in [-0.3, -0.25) is 14.3 Å². The van der Waals surface area contributed by atoms with E-state index in [2.05, 4.69) is 9.88 Å². The molecule has 4 rings (SSSR count). The minimum atomic E-state index is -0.517. The summed E-state index contributed by atoms with van der Waals surface area (Å²) in [5, 5.41) is 0.274. The summed E-state index contributed by atoms with van der Waals surface area (Å²) < 4.78 is 20.7. The number of halogens is 2. The minimum absolute atomic E-state index is 0.00842. The highest BCUT2D eigenvalue weighted by Gasteiger charge is 2.31. The van der Waals surface area contributed by atoms with Crippen LogP contribution in [0.5, 0.6) is 0 Å². The molecule has 2 aliphatic rings. The lowest BCUT2D eigenvalue weighted by Crippen LogP contribution is -2.46. The first-order valence-corrected chi connectivity index (χ1v) is 8.89. The second-order valence-corrected chi connectivity index (χ2v) is 7.15. The highest BCUT2D eigenvalue weighted by molar-refractivity contribution is 6.31. The predicted molar refractivity (Wildman–Crippen MR) is 91.4 cm³/mol. The summed E-state index contributed by atoms with van der Waals surface area (Å²) in [6.45, 7) is 2.07. The van der Waals surface area contributed by atoms with Crippen LogP contribution in [-0.4, -0.2) is 46.2 Å². The van der Waals surface area contributed by atoms with Crippen molar-refractivity contribution in [1.82, 2.24) is 14.5 Å². The van der Waals surface area contributed by atoms with Crippen LogP contribution in [0.25, 0.3) is 11.0 Å². The van der Waals surface area contributed by atoms with Gasteiger partial charge in [0.2, 0.25) is 0 Å². The Bertz CT molecular complexity index is 870. The van der Waals surface area contributed by atoms with Gasteiger partial charge in [0.15, 0.2) is 0 Å². The van der Waals surface area contributed by atoms with Crippen LogP contribution in [0.1, 0.15) is 31.7 Å². The maximum atomic E-state index is 14.0. The number of fused-ring (bicyclic) bond motifs is 1. The van der Waals surface area contributed by atoms with Crippen molar-refractivity contribution in [2.45, 2.75) is 37.8 Å². The monoisotopic (exact) mass is 367 g/mol. The molecule has 6 nitrogen and oxygen atoms in total. The van der Waals surface area contributed by atoms with E-state index in [0.717, 1.165) is 32.4 Å². The fourth-order valence-corrected chi connectivity index (χ4v) is 4.20. The number of esters is 1. The van der Waals surface area contributed by atoms with E-state index in [1.165, 1.54) is 6.07 Å². The molecular weight excluding hydrogens is 349 g/mol. The first-order valence-electron chi connectivity index (χ1n) is 8.52. The molecule has 0 saturated carbocycles. The molecule has 0 radical (unpaired) electrons. The number of hydrogen-bond acceptors (Lipinski definition) is 4. The number of carbonyl (C=O) groups excluding carboxylic acids is 1. The van der Waals surface area contributed by atoms with E-state index >= 15 is 0 Å². The van der Waals surface area contributed by atoms with Crippen LogP contribution in [-0.2, 0) is 9.53 Å². The molecule has 0 aliphatic carbocycles. The Morgan fingerprint density at radius 3 is 2.64 bits per heavy atom. The number of imidazole rings is 1. The number of piperidine rings is 1. The quantitative estimate of drug-likeness (QED) is 0.828. The van der Waals surface area contributed by atoms with E-state index in [0.29, 0.717) is 18.5 Å². The Labute approximate surface area is 148 Å². The third-order valence-corrected chi connectivity index (χ3v) is 5.46. The number of nitrogens with one attached hydrogen (secondary N) is 1. The van der Waals surface area contributed by atoms with Gasteiger partial charge in [-0.25, -0.2) is 9.18 Å². The molecule has 1 unspecified atom stereocenters. The van der Waals surface area contributed by atoms with Gasteiger partial charge in [0, 0.05) is 30.2 Å². The van der Waals surface area contributed by atoms with Crippen molar-refractivity contribution in [2.75, 3.05) is 19.7 Å². The van der Waals surface area contributed by atoms with E-state index in [1.54, 1.807) is 10.6 Å². The van der Waals surface area contributed by atoms with Gasteiger partial charge in [-0.2, -0.15) is 0 Å². The summed E-state index contributed by atoms with van der Waals surface area (Å²) in [7, 11) is 0. The predicted octanol–water partition coefficient (Wildman–Crippen LogP) is 2.46. The summed E-state index contributed by atoms with van der Waals surface area (Å²) in [5.41, 5.74) is 0.400. The zero-order chi connectivity index (χ0) is 17.6. The van der Waals surface area contributed by atoms with E-state index in [-0.39, 0.29) is 34.3 Å². The van der Waals surface area contributed by atoms with Crippen molar-refractivity contribution in [2.24, 2.45) is 0 Å². The Balaban J connectivity index is 1.55. The fraction of sp³-hybridized carbons (Fsp3) is 0.529. The molecule has 2 saturated heterocycles. The Kier molecular flexibility index (Phi) is 4.29. The van der Waals surface area contributed by atoms with Crippen molar-refractivity contribution < 1.29 is 13.9 Å². The number of likely N-dealkylation sites (tertiary alicyclic amines) is 1. The van der Waals surface area contributed by atoms with Crippen molar-refractivity contribution in [1.29, 1.82) is 0 Å². The van der Waals surface area contributed by atoms with E-state index in [4.69, 9.17) is 16.3 Å². The number of aromatic amines is 1. The van der Waals surface area contributed by atoms with Gasteiger partial charge in [-0.15, -0.1) is 0 Å². The molecule has 0 spiro atoms. The Morgan fingerprint density at radius 2 is 1.92 bits per heavy atom. The van der Waals surface area contributed by atoms with Crippen LogP contribution < -0.4 is 5.69 Å². The standard InChI is InChI=1S/C17H19ClFN3O3/c18-10-7-13(19)16-14(8-10)22(17(24)20-16)11-1-4-21(5-2-11)12-3-6-25-15(23)9-12/h7-8,11-12H,1-6,9H2,(H,20,24). The van der Waals surface area contributed by atoms with Crippen LogP contribution in [0.15, 0.2) is 16.9 Å². The molecule has 134 valence electrons. The molecule has 1 aromatic heterocycles. The highest BCUT2D eigenvalue weighted by Crippen LogP contribution is 2.29. The third-order valence-electron chi connectivity index (χ3n) is 5.24. The molecular formula is C17H19ClFN3O3. The van der Waals surface area contributed by atoms with E-state index < -0.39 is 5.82 Å². The zero-order valence-electron chi connectivity index (χ0n) is 13.6. The number of H-pyrrole nitrogens is 1. The summed E-state index contributed by atoms with van der Waals surface area (Å²) in [5.74, 6) is -0.659. The maximum Gasteiger partial charge on any atom is 0.326 e. The lowest BCUT2D eigenvalue weighted by atomic mass is 9.99. The number of nitrogens with zero attached hydrogens (tertiary/aromatic N) is 2. The van der Waals surface area contributed by atoms with Crippen molar-refractivity contribution in [3.63, 3.8) is 0 Å². The summed E-state index contributed by atoms with van der Waals surface area (Å²) in [4.78, 5) is 28.7. The van der Waals surface area contributed by atoms with Gasteiger partial charge in [0.05, 0.1) is 18.5 Å². The van der Waals surface area contributed by atoms with Gasteiger partial charge in [0.1, 0.15) is 11.3 Å². The maximum absolute atomic E-state index is 14.0. The Morgan fingerprint density at radius 1 is 1.16 bits per heavy atom. The number of carbonyl (C=O) groups is 1. The fourth-order valence-electron chi connectivity index (χ4n) is 4.00. The normalized spacial score (nSPS) is 23.1. The molecule has 2 aliphatic heterocycles. The smallest absolute Gasteiger partial charge is 0.326 e. The van der Waals surface area contributed by atoms with Crippen molar-refractivity contribution in [3.05, 3.63) is 33.5 Å². The first kappa shape index (κ1) is 16.6. The zero-order valence-corrected chi connectivity index (χ0v) is 14.4. The van der Waals surface area contributed by atoms with Gasteiger partial charge in [0.25, 0.3) is 0 Å². The lowest BCUT2D eigenvalue weighted by Gasteiger charge is -2.38. The van der Waals surface area contributed by atoms with Crippen LogP contribution in [0.4, 0.5) is 4.39 Å². The second-order valence-electron chi connectivity index (χ2n) is 6.72. The SMILES string of the molecule is O=C1CC(N2CCC(n3c(=O)[nH]c4c(F)cc(Cl)cc43)CC2)CCO1.